The van der Waals surface area contributed by atoms with Crippen LogP contribution in [0.1, 0.15) is 30.7 Å². The standard InChI is InChI=1S/C50H36N8.C13H12.C5H8/c1-33(54-42-22-13-27-51-34(42)2)37-30-38(47-55-43-23-14-28-52-49(43)57(47)45-25-11-9-20-40(45)35-16-5-3-6-17-35)32-39(31-37)48-56-44-24-15-29-53-50(44)58(48)46-26-12-10-21-41(46)36-18-7-4-8-19-36;1-11-7-5-6-10-13(11)12-8-3-2-4-9-12;1-3-5-4-2/h3-32H,1-2H3;2-10H,1H3;3-5H,1H2,2H3/b;;5-4-. The summed E-state index contributed by atoms with van der Waals surface area (Å²) in [6.45, 7) is 11.6. The predicted molar refractivity (Wildman–Crippen MR) is 316 cm³/mol. The molecule has 368 valence electrons. The van der Waals surface area contributed by atoms with E-state index in [4.69, 9.17) is 24.9 Å². The molecular weight excluding hydrogens is 929 g/mol. The zero-order valence-corrected chi connectivity index (χ0v) is 43.0. The van der Waals surface area contributed by atoms with Crippen molar-refractivity contribution in [3.63, 3.8) is 0 Å². The average Bonchev–Trinajstić information content (AvgIpc) is 4.09. The van der Waals surface area contributed by atoms with Crippen LogP contribution in [0.4, 0.5) is 5.69 Å². The molecule has 0 fully saturated rings. The Morgan fingerprint density at radius 1 is 0.461 bits per heavy atom. The molecule has 8 heteroatoms. The zero-order chi connectivity index (χ0) is 52.2. The lowest BCUT2D eigenvalue weighted by molar-refractivity contribution is 1.07. The Morgan fingerprint density at radius 3 is 1.36 bits per heavy atom. The highest BCUT2D eigenvalue weighted by Gasteiger charge is 2.23. The number of rotatable bonds is 10. The van der Waals surface area contributed by atoms with Gasteiger partial charge in [0, 0.05) is 46.6 Å². The summed E-state index contributed by atoms with van der Waals surface area (Å²) in [6.07, 6.45) is 11.0. The minimum absolute atomic E-state index is 0.746. The third kappa shape index (κ3) is 10.7. The van der Waals surface area contributed by atoms with Crippen LogP contribution < -0.4 is 0 Å². The van der Waals surface area contributed by atoms with E-state index in [1.807, 2.05) is 99.9 Å². The molecule has 0 spiro atoms. The SMILES string of the molecule is C=C/C=C\C.CC(=Nc1cccnc1C)c1cc(-c2nc3cccnc3n2-c2ccccc2-c2ccccc2)cc(-c2nc3cccnc3n2-c2ccccc2-c2ccccc2)c1.Cc1ccccc1-c1ccccc1. The van der Waals surface area contributed by atoms with Gasteiger partial charge in [-0.2, -0.15) is 0 Å². The van der Waals surface area contributed by atoms with Crippen molar-refractivity contribution in [2.45, 2.75) is 27.7 Å². The minimum Gasteiger partial charge on any atom is -0.276 e. The lowest BCUT2D eigenvalue weighted by Gasteiger charge is -2.17. The molecule has 0 aliphatic heterocycles. The normalized spacial score (nSPS) is 11.2. The molecule has 0 aliphatic carbocycles. The molecular formula is C68H56N8. The van der Waals surface area contributed by atoms with E-state index in [9.17, 15) is 0 Å². The van der Waals surface area contributed by atoms with Crippen molar-refractivity contribution in [3.05, 3.63) is 279 Å². The molecule has 5 heterocycles. The second-order valence-corrected chi connectivity index (χ2v) is 18.0. The number of nitrogens with zero attached hydrogens (tertiary/aromatic N) is 8. The van der Waals surface area contributed by atoms with Crippen molar-refractivity contribution in [3.8, 4) is 67.5 Å². The van der Waals surface area contributed by atoms with E-state index in [0.29, 0.717) is 0 Å². The molecule has 76 heavy (non-hydrogen) atoms. The maximum atomic E-state index is 5.32. The van der Waals surface area contributed by atoms with Crippen LogP contribution >= 0.6 is 0 Å². The third-order valence-electron chi connectivity index (χ3n) is 13.0. The van der Waals surface area contributed by atoms with Crippen LogP contribution in [0.2, 0.25) is 0 Å². The molecule has 0 radical (unpaired) electrons. The number of aryl methyl sites for hydroxylation is 2. The number of para-hydroxylation sites is 2. The maximum absolute atomic E-state index is 5.32. The van der Waals surface area contributed by atoms with Crippen molar-refractivity contribution >= 4 is 33.7 Å². The molecule has 0 saturated carbocycles. The molecule has 0 N–H and O–H groups in total. The van der Waals surface area contributed by atoms with Crippen LogP contribution in [0.3, 0.4) is 0 Å². The lowest BCUT2D eigenvalue weighted by atomic mass is 10.00. The van der Waals surface area contributed by atoms with Crippen LogP contribution in [0.15, 0.2) is 267 Å². The number of aliphatic imine (C=N–C) groups is 1. The van der Waals surface area contributed by atoms with E-state index in [1.165, 1.54) is 16.7 Å². The van der Waals surface area contributed by atoms with Crippen molar-refractivity contribution in [2.24, 2.45) is 4.99 Å². The number of imidazole rings is 2. The fourth-order valence-corrected chi connectivity index (χ4v) is 9.31. The summed E-state index contributed by atoms with van der Waals surface area (Å²) in [4.78, 5) is 30.1. The summed E-state index contributed by atoms with van der Waals surface area (Å²) in [7, 11) is 0. The minimum atomic E-state index is 0.746. The number of hydrogen-bond donors (Lipinski definition) is 0. The maximum Gasteiger partial charge on any atom is 0.164 e. The number of hydrogen-bond acceptors (Lipinski definition) is 6. The van der Waals surface area contributed by atoms with Gasteiger partial charge in [-0.1, -0.05) is 176 Å². The molecule has 0 bridgehead atoms. The zero-order valence-electron chi connectivity index (χ0n) is 43.0. The number of aromatic nitrogens is 7. The first-order valence-corrected chi connectivity index (χ1v) is 25.3. The molecule has 12 aromatic rings. The van der Waals surface area contributed by atoms with Crippen LogP contribution in [0, 0.1) is 13.8 Å². The van der Waals surface area contributed by atoms with Crippen LogP contribution in [-0.4, -0.2) is 39.8 Å². The van der Waals surface area contributed by atoms with E-state index >= 15 is 0 Å². The topological polar surface area (TPSA) is 86.7 Å². The highest BCUT2D eigenvalue weighted by molar-refractivity contribution is 6.03. The highest BCUT2D eigenvalue weighted by Crippen LogP contribution is 2.39. The van der Waals surface area contributed by atoms with E-state index < -0.39 is 0 Å². The van der Waals surface area contributed by atoms with Gasteiger partial charge >= 0.3 is 0 Å². The molecule has 12 rings (SSSR count). The van der Waals surface area contributed by atoms with Crippen molar-refractivity contribution in [2.75, 3.05) is 0 Å². The smallest absolute Gasteiger partial charge is 0.164 e. The quantitative estimate of drug-likeness (QED) is 0.101. The number of pyridine rings is 3. The van der Waals surface area contributed by atoms with Gasteiger partial charge in [-0.25, -0.2) is 19.9 Å². The first-order valence-electron chi connectivity index (χ1n) is 25.3. The molecule has 7 aromatic carbocycles. The summed E-state index contributed by atoms with van der Waals surface area (Å²) >= 11 is 0. The van der Waals surface area contributed by atoms with Gasteiger partial charge in [0.2, 0.25) is 0 Å². The molecule has 0 unspecified atom stereocenters. The van der Waals surface area contributed by atoms with E-state index in [1.54, 1.807) is 12.3 Å². The Balaban J connectivity index is 0.000000309. The van der Waals surface area contributed by atoms with Gasteiger partial charge in [0.05, 0.1) is 22.8 Å². The summed E-state index contributed by atoms with van der Waals surface area (Å²) in [5, 5.41) is 0. The molecule has 0 amide bonds. The van der Waals surface area contributed by atoms with Crippen molar-refractivity contribution in [1.82, 2.24) is 34.1 Å². The number of allylic oxidation sites excluding steroid dienone is 3. The fraction of sp³-hybridized carbons (Fsp3) is 0.0588. The second-order valence-electron chi connectivity index (χ2n) is 18.0. The Kier molecular flexibility index (Phi) is 15.2. The monoisotopic (exact) mass is 984 g/mol. The average molecular weight is 985 g/mol. The van der Waals surface area contributed by atoms with Crippen molar-refractivity contribution in [1.29, 1.82) is 0 Å². The summed E-state index contributed by atoms with van der Waals surface area (Å²) in [5.41, 5.74) is 18.5. The van der Waals surface area contributed by atoms with Gasteiger partial charge in [0.1, 0.15) is 22.7 Å². The number of benzene rings is 7. The van der Waals surface area contributed by atoms with E-state index in [0.717, 1.165) is 101 Å². The number of fused-ring (bicyclic) bond motifs is 2. The van der Waals surface area contributed by atoms with Crippen LogP contribution in [-0.2, 0) is 0 Å². The second kappa shape index (κ2) is 23.3. The van der Waals surface area contributed by atoms with E-state index in [2.05, 4.69) is 191 Å². The van der Waals surface area contributed by atoms with E-state index in [-0.39, 0.29) is 0 Å². The molecule has 0 saturated heterocycles. The van der Waals surface area contributed by atoms with Crippen LogP contribution in [0.25, 0.3) is 89.9 Å². The Hall–Kier alpha value is -9.92. The summed E-state index contributed by atoms with van der Waals surface area (Å²) in [6, 6.07) is 75.0. The fourth-order valence-electron chi connectivity index (χ4n) is 9.31. The van der Waals surface area contributed by atoms with Gasteiger partial charge in [-0.05, 0) is 128 Å². The molecule has 0 aliphatic rings. The Bertz CT molecular complexity index is 3820. The first kappa shape index (κ1) is 49.6. The van der Waals surface area contributed by atoms with Gasteiger partial charge < -0.3 is 0 Å². The molecule has 5 aromatic heterocycles. The Labute approximate surface area is 444 Å². The van der Waals surface area contributed by atoms with Gasteiger partial charge in [0.15, 0.2) is 11.3 Å². The van der Waals surface area contributed by atoms with Gasteiger partial charge in [-0.3, -0.25) is 19.1 Å². The Morgan fingerprint density at radius 2 is 0.895 bits per heavy atom. The van der Waals surface area contributed by atoms with Crippen molar-refractivity contribution < 1.29 is 0 Å². The van der Waals surface area contributed by atoms with Crippen LogP contribution in [0.5, 0.6) is 0 Å². The first-order chi connectivity index (χ1) is 37.4. The largest absolute Gasteiger partial charge is 0.276 e. The predicted octanol–water partition coefficient (Wildman–Crippen LogP) is 17.1. The molecule has 8 nitrogen and oxygen atoms in total. The lowest BCUT2D eigenvalue weighted by Crippen LogP contribution is -2.05. The highest BCUT2D eigenvalue weighted by atomic mass is 15.1. The van der Waals surface area contributed by atoms with Gasteiger partial charge in [-0.15, -0.1) is 0 Å². The third-order valence-corrected chi connectivity index (χ3v) is 13.0. The van der Waals surface area contributed by atoms with Gasteiger partial charge in [0.25, 0.3) is 0 Å². The summed E-state index contributed by atoms with van der Waals surface area (Å²) in [5.74, 6) is 1.49. The summed E-state index contributed by atoms with van der Waals surface area (Å²) < 4.78 is 4.35. The molecule has 0 atom stereocenters.